The van der Waals surface area contributed by atoms with E-state index >= 15 is 0 Å². The average Bonchev–Trinajstić information content (AvgIpc) is 3.01. The van der Waals surface area contributed by atoms with E-state index in [0.717, 1.165) is 15.6 Å². The second-order valence-electron chi connectivity index (χ2n) is 8.11. The summed E-state index contributed by atoms with van der Waals surface area (Å²) in [5.74, 6) is -3.31. The van der Waals surface area contributed by atoms with Gasteiger partial charge in [-0.25, -0.2) is 5.01 Å². The van der Waals surface area contributed by atoms with Crippen molar-refractivity contribution in [3.63, 3.8) is 0 Å². The van der Waals surface area contributed by atoms with Crippen molar-refractivity contribution in [1.29, 1.82) is 0 Å². The predicted octanol–water partition coefficient (Wildman–Crippen LogP) is 5.23. The Bertz CT molecular complexity index is 1190. The van der Waals surface area contributed by atoms with Crippen molar-refractivity contribution in [1.82, 2.24) is 10.0 Å². The highest BCUT2D eigenvalue weighted by atomic mass is 35.5. The molecule has 1 fully saturated rings. The summed E-state index contributed by atoms with van der Waals surface area (Å²) in [6, 6.07) is 10.3. The van der Waals surface area contributed by atoms with Gasteiger partial charge in [0.25, 0.3) is 17.7 Å². The van der Waals surface area contributed by atoms with Crippen LogP contribution in [0.4, 0.5) is 0 Å². The number of imide groups is 1. The average molecular weight is 506 g/mol. The second kappa shape index (κ2) is 9.29. The van der Waals surface area contributed by atoms with Crippen LogP contribution in [0.15, 0.2) is 54.1 Å². The molecule has 0 N–H and O–H groups in total. The molecule has 0 bridgehead atoms. The molecular weight excluding hydrogens is 487 g/mol. The first-order valence-electron chi connectivity index (χ1n) is 10.3. The maximum Gasteiger partial charge on any atom is 0.273 e. The van der Waals surface area contributed by atoms with E-state index in [2.05, 4.69) is 0 Å². The van der Waals surface area contributed by atoms with Gasteiger partial charge in [0.1, 0.15) is 6.54 Å². The normalized spacial score (nSPS) is 19.9. The van der Waals surface area contributed by atoms with Gasteiger partial charge in [-0.2, -0.15) is 5.01 Å². The number of hydrogen-bond acceptors (Lipinski definition) is 4. The number of fused-ring (bicyclic) bond motifs is 1. The maximum atomic E-state index is 13.4. The molecule has 2 atom stereocenters. The van der Waals surface area contributed by atoms with Crippen molar-refractivity contribution in [3.8, 4) is 0 Å². The third kappa shape index (κ3) is 4.56. The van der Waals surface area contributed by atoms with E-state index in [1.165, 1.54) is 42.5 Å². The van der Waals surface area contributed by atoms with Crippen molar-refractivity contribution < 1.29 is 19.2 Å². The molecule has 2 aliphatic rings. The van der Waals surface area contributed by atoms with Crippen molar-refractivity contribution in [3.05, 3.63) is 80.3 Å². The highest BCUT2D eigenvalue weighted by molar-refractivity contribution is 6.37. The predicted molar refractivity (Wildman–Crippen MR) is 125 cm³/mol. The van der Waals surface area contributed by atoms with Gasteiger partial charge in [-0.1, -0.05) is 46.5 Å². The van der Waals surface area contributed by atoms with Crippen molar-refractivity contribution in [2.75, 3.05) is 6.54 Å². The van der Waals surface area contributed by atoms with Crippen LogP contribution in [-0.4, -0.2) is 40.1 Å². The smallest absolute Gasteiger partial charge is 0.273 e. The number of hydrazine groups is 1. The summed E-state index contributed by atoms with van der Waals surface area (Å²) in [5, 5.41) is 2.62. The largest absolute Gasteiger partial charge is 0.292 e. The first-order valence-corrected chi connectivity index (χ1v) is 11.4. The van der Waals surface area contributed by atoms with E-state index in [1.807, 2.05) is 13.0 Å². The molecule has 0 spiro atoms. The summed E-state index contributed by atoms with van der Waals surface area (Å²) in [6.45, 7) is 1.35. The maximum absolute atomic E-state index is 13.4. The van der Waals surface area contributed by atoms with Gasteiger partial charge < -0.3 is 0 Å². The Hall–Kier alpha value is -2.67. The topological polar surface area (TPSA) is 74.8 Å². The number of benzene rings is 2. The minimum atomic E-state index is -0.671. The van der Waals surface area contributed by atoms with E-state index in [1.54, 1.807) is 0 Å². The lowest BCUT2D eigenvalue weighted by Gasteiger charge is -2.30. The van der Waals surface area contributed by atoms with Gasteiger partial charge in [0.2, 0.25) is 0 Å². The third-order valence-corrected chi connectivity index (χ3v) is 6.69. The zero-order chi connectivity index (χ0) is 23.9. The van der Waals surface area contributed by atoms with Gasteiger partial charge in [0.15, 0.2) is 5.78 Å². The van der Waals surface area contributed by atoms with Crippen LogP contribution in [-0.2, 0) is 9.59 Å². The summed E-state index contributed by atoms with van der Waals surface area (Å²) in [5.41, 5.74) is 1.32. The Kier molecular flexibility index (Phi) is 6.61. The molecule has 0 unspecified atom stereocenters. The molecule has 2 aromatic rings. The number of carbonyl (C=O) groups excluding carboxylic acids is 4. The Balaban J connectivity index is 1.71. The lowest BCUT2D eigenvalue weighted by molar-refractivity contribution is -0.154. The molecule has 1 heterocycles. The van der Waals surface area contributed by atoms with Gasteiger partial charge in [-0.15, -0.1) is 0 Å². The number of hydrogen-bond donors (Lipinski definition) is 0. The summed E-state index contributed by atoms with van der Waals surface area (Å²) >= 11 is 18.0. The van der Waals surface area contributed by atoms with E-state index in [-0.39, 0.29) is 16.1 Å². The molecule has 33 heavy (non-hydrogen) atoms. The van der Waals surface area contributed by atoms with Gasteiger partial charge in [-0.05, 0) is 62.2 Å². The quantitative estimate of drug-likeness (QED) is 0.317. The standard InChI is InChI=1S/C24H19Cl3N2O4/c1-13-2-8-17-19(10-13)24(33)29(23(17)32)28(22(31)14-3-5-15(25)6-4-14)12-21(30)18-9-7-16(26)11-20(18)27/h2-7,9,11,17,19H,8,10,12H2,1H3/t17-,19+/m0/s1. The Labute approximate surface area is 205 Å². The molecular formula is C24H19Cl3N2O4. The van der Waals surface area contributed by atoms with Crippen LogP contribution in [0.25, 0.3) is 0 Å². The van der Waals surface area contributed by atoms with E-state index in [4.69, 9.17) is 34.8 Å². The van der Waals surface area contributed by atoms with Gasteiger partial charge in [0, 0.05) is 21.2 Å². The number of allylic oxidation sites excluding steroid dienone is 2. The Morgan fingerprint density at radius 1 is 0.970 bits per heavy atom. The van der Waals surface area contributed by atoms with E-state index < -0.39 is 41.9 Å². The van der Waals surface area contributed by atoms with Crippen molar-refractivity contribution in [2.45, 2.75) is 19.8 Å². The summed E-state index contributed by atoms with van der Waals surface area (Å²) in [6.07, 6.45) is 2.78. The van der Waals surface area contributed by atoms with Gasteiger partial charge in [-0.3, -0.25) is 19.2 Å². The van der Waals surface area contributed by atoms with Crippen LogP contribution in [0.5, 0.6) is 0 Å². The van der Waals surface area contributed by atoms with Crippen molar-refractivity contribution >= 4 is 58.3 Å². The molecule has 4 rings (SSSR count). The number of nitrogens with zero attached hydrogens (tertiary/aromatic N) is 2. The van der Waals surface area contributed by atoms with Crippen molar-refractivity contribution in [2.24, 2.45) is 11.8 Å². The number of carbonyl (C=O) groups is 4. The molecule has 3 amide bonds. The van der Waals surface area contributed by atoms with E-state index in [0.29, 0.717) is 22.9 Å². The lowest BCUT2D eigenvalue weighted by Crippen LogP contribution is -2.52. The number of Topliss-reactive ketones (excluding diaryl/α,β-unsaturated/α-hetero) is 1. The summed E-state index contributed by atoms with van der Waals surface area (Å²) in [4.78, 5) is 53.0. The Morgan fingerprint density at radius 2 is 1.61 bits per heavy atom. The Morgan fingerprint density at radius 3 is 2.27 bits per heavy atom. The van der Waals surface area contributed by atoms with Gasteiger partial charge >= 0.3 is 0 Å². The highest BCUT2D eigenvalue weighted by Crippen LogP contribution is 2.38. The molecule has 0 aromatic heterocycles. The monoisotopic (exact) mass is 504 g/mol. The van der Waals surface area contributed by atoms with E-state index in [9.17, 15) is 19.2 Å². The minimum Gasteiger partial charge on any atom is -0.292 e. The van der Waals surface area contributed by atoms with Crippen LogP contribution >= 0.6 is 34.8 Å². The molecule has 9 heteroatoms. The third-order valence-electron chi connectivity index (χ3n) is 5.89. The van der Waals surface area contributed by atoms with Crippen LogP contribution in [0.3, 0.4) is 0 Å². The SMILES string of the molecule is CC1=CC[C@@H]2C(=O)N(N(CC(=O)c3ccc(Cl)cc3Cl)C(=O)c3ccc(Cl)cc3)C(=O)[C@@H]2C1. The molecule has 2 aromatic carbocycles. The minimum absolute atomic E-state index is 0.110. The second-order valence-corrected chi connectivity index (χ2v) is 9.39. The summed E-state index contributed by atoms with van der Waals surface area (Å²) in [7, 11) is 0. The number of amides is 3. The lowest BCUT2D eigenvalue weighted by atomic mass is 9.82. The fraction of sp³-hybridized carbons (Fsp3) is 0.250. The zero-order valence-corrected chi connectivity index (χ0v) is 19.8. The fourth-order valence-electron chi connectivity index (χ4n) is 4.17. The van der Waals surface area contributed by atoms with Crippen LogP contribution < -0.4 is 0 Å². The van der Waals surface area contributed by atoms with Crippen LogP contribution in [0.1, 0.15) is 40.5 Å². The first kappa shape index (κ1) is 23.5. The molecule has 170 valence electrons. The number of halogens is 3. The molecule has 0 radical (unpaired) electrons. The molecule has 6 nitrogen and oxygen atoms in total. The summed E-state index contributed by atoms with van der Waals surface area (Å²) < 4.78 is 0. The molecule has 1 saturated heterocycles. The van der Waals surface area contributed by atoms with Gasteiger partial charge in [0.05, 0.1) is 16.9 Å². The zero-order valence-electron chi connectivity index (χ0n) is 17.6. The molecule has 1 aliphatic heterocycles. The van der Waals surface area contributed by atoms with Crippen LogP contribution in [0, 0.1) is 11.8 Å². The number of ketones is 1. The highest BCUT2D eigenvalue weighted by Gasteiger charge is 2.51. The fourth-order valence-corrected chi connectivity index (χ4v) is 4.81. The van der Waals surface area contributed by atoms with Crippen LogP contribution in [0.2, 0.25) is 15.1 Å². The molecule has 1 aliphatic carbocycles. The molecule has 0 saturated carbocycles. The first-order chi connectivity index (χ1) is 15.7. The number of rotatable bonds is 5.